The number of rotatable bonds is 5. The molecule has 2 N–H and O–H groups in total. The summed E-state index contributed by atoms with van der Waals surface area (Å²) >= 11 is 0. The zero-order chi connectivity index (χ0) is 13.2. The quantitative estimate of drug-likeness (QED) is 0.892. The SMILES string of the molecule is CCCN(c1ncc(CN)c2ccccc12)C1CC1. The fourth-order valence-corrected chi connectivity index (χ4v) is 2.72. The lowest BCUT2D eigenvalue weighted by Gasteiger charge is -2.25. The van der Waals surface area contributed by atoms with Crippen molar-refractivity contribution in [3.05, 3.63) is 36.0 Å². The monoisotopic (exact) mass is 255 g/mol. The van der Waals surface area contributed by atoms with E-state index in [-0.39, 0.29) is 0 Å². The third kappa shape index (κ3) is 2.30. The fraction of sp³-hybridized carbons (Fsp3) is 0.438. The smallest absolute Gasteiger partial charge is 0.136 e. The standard InChI is InChI=1S/C16H21N3/c1-2-9-19(13-7-8-13)16-15-6-4-3-5-14(15)12(10-17)11-18-16/h3-6,11,13H,2,7-10,17H2,1H3. The van der Waals surface area contributed by atoms with Crippen molar-refractivity contribution in [3.8, 4) is 0 Å². The summed E-state index contributed by atoms with van der Waals surface area (Å²) < 4.78 is 0. The maximum absolute atomic E-state index is 5.82. The number of nitrogens with zero attached hydrogens (tertiary/aromatic N) is 2. The number of fused-ring (bicyclic) bond motifs is 1. The van der Waals surface area contributed by atoms with Gasteiger partial charge in [0.15, 0.2) is 0 Å². The minimum Gasteiger partial charge on any atom is -0.353 e. The van der Waals surface area contributed by atoms with E-state index in [1.54, 1.807) is 0 Å². The zero-order valence-corrected chi connectivity index (χ0v) is 11.5. The van der Waals surface area contributed by atoms with Crippen molar-refractivity contribution in [2.45, 2.75) is 38.8 Å². The first-order valence-corrected chi connectivity index (χ1v) is 7.18. The van der Waals surface area contributed by atoms with Gasteiger partial charge >= 0.3 is 0 Å². The summed E-state index contributed by atoms with van der Waals surface area (Å²) in [6.45, 7) is 3.86. The molecule has 0 saturated heterocycles. The summed E-state index contributed by atoms with van der Waals surface area (Å²) in [6.07, 6.45) is 5.71. The Balaban J connectivity index is 2.12. The van der Waals surface area contributed by atoms with E-state index in [0.717, 1.165) is 24.3 Å². The van der Waals surface area contributed by atoms with Crippen LogP contribution >= 0.6 is 0 Å². The highest BCUT2D eigenvalue weighted by Crippen LogP contribution is 2.35. The topological polar surface area (TPSA) is 42.2 Å². The molecule has 0 unspecified atom stereocenters. The predicted octanol–water partition coefficient (Wildman–Crippen LogP) is 3.07. The molecule has 1 aliphatic rings. The Bertz CT molecular complexity index is 575. The van der Waals surface area contributed by atoms with Gasteiger partial charge in [0.2, 0.25) is 0 Å². The Labute approximate surface area is 114 Å². The van der Waals surface area contributed by atoms with Gasteiger partial charge in [-0.05, 0) is 30.2 Å². The molecule has 19 heavy (non-hydrogen) atoms. The second-order valence-corrected chi connectivity index (χ2v) is 5.28. The van der Waals surface area contributed by atoms with Crippen molar-refractivity contribution in [1.82, 2.24) is 4.98 Å². The van der Waals surface area contributed by atoms with Crippen LogP contribution < -0.4 is 10.6 Å². The van der Waals surface area contributed by atoms with Gasteiger partial charge in [-0.1, -0.05) is 31.2 Å². The average molecular weight is 255 g/mol. The van der Waals surface area contributed by atoms with Crippen LogP contribution in [0.1, 0.15) is 31.7 Å². The summed E-state index contributed by atoms with van der Waals surface area (Å²) in [5.74, 6) is 1.14. The van der Waals surface area contributed by atoms with Gasteiger partial charge in [-0.2, -0.15) is 0 Å². The highest BCUT2D eigenvalue weighted by Gasteiger charge is 2.30. The van der Waals surface area contributed by atoms with Crippen LogP contribution in [0, 0.1) is 0 Å². The molecule has 3 nitrogen and oxygen atoms in total. The molecule has 0 spiro atoms. The van der Waals surface area contributed by atoms with Crippen molar-refractivity contribution in [3.63, 3.8) is 0 Å². The first-order valence-electron chi connectivity index (χ1n) is 7.18. The molecule has 0 radical (unpaired) electrons. The largest absolute Gasteiger partial charge is 0.353 e. The molecular weight excluding hydrogens is 234 g/mol. The molecule has 1 aliphatic carbocycles. The molecule has 3 heteroatoms. The molecule has 0 amide bonds. The van der Waals surface area contributed by atoms with Gasteiger partial charge in [0.25, 0.3) is 0 Å². The summed E-state index contributed by atoms with van der Waals surface area (Å²) in [5, 5.41) is 2.49. The lowest BCUT2D eigenvalue weighted by Crippen LogP contribution is -2.27. The van der Waals surface area contributed by atoms with Gasteiger partial charge in [-0.15, -0.1) is 0 Å². The maximum atomic E-state index is 5.82. The van der Waals surface area contributed by atoms with Crippen LogP contribution in [0.25, 0.3) is 10.8 Å². The summed E-state index contributed by atoms with van der Waals surface area (Å²) in [7, 11) is 0. The zero-order valence-electron chi connectivity index (χ0n) is 11.5. The first-order chi connectivity index (χ1) is 9.35. The molecule has 1 aromatic carbocycles. The number of hydrogen-bond acceptors (Lipinski definition) is 3. The molecule has 1 heterocycles. The molecule has 100 valence electrons. The van der Waals surface area contributed by atoms with E-state index in [1.807, 2.05) is 6.20 Å². The van der Waals surface area contributed by atoms with E-state index in [0.29, 0.717) is 12.6 Å². The normalized spacial score (nSPS) is 14.8. The molecule has 1 saturated carbocycles. The Morgan fingerprint density at radius 3 is 2.63 bits per heavy atom. The van der Waals surface area contributed by atoms with Crippen LogP contribution in [0.15, 0.2) is 30.5 Å². The van der Waals surface area contributed by atoms with Gasteiger partial charge in [0.1, 0.15) is 5.82 Å². The van der Waals surface area contributed by atoms with Crippen LogP contribution in [-0.4, -0.2) is 17.6 Å². The van der Waals surface area contributed by atoms with E-state index in [9.17, 15) is 0 Å². The highest BCUT2D eigenvalue weighted by atomic mass is 15.2. The number of anilines is 1. The van der Waals surface area contributed by atoms with Gasteiger partial charge in [-0.3, -0.25) is 0 Å². The third-order valence-corrected chi connectivity index (χ3v) is 3.80. The number of benzene rings is 1. The molecule has 2 aromatic rings. The molecule has 3 rings (SSSR count). The lowest BCUT2D eigenvalue weighted by atomic mass is 10.1. The number of aromatic nitrogens is 1. The third-order valence-electron chi connectivity index (χ3n) is 3.80. The van der Waals surface area contributed by atoms with Crippen molar-refractivity contribution >= 4 is 16.6 Å². The molecule has 1 aromatic heterocycles. The van der Waals surface area contributed by atoms with Crippen LogP contribution in [0.2, 0.25) is 0 Å². The Hall–Kier alpha value is -1.61. The van der Waals surface area contributed by atoms with E-state index in [4.69, 9.17) is 10.7 Å². The Morgan fingerprint density at radius 1 is 1.26 bits per heavy atom. The first kappa shape index (κ1) is 12.4. The average Bonchev–Trinajstić information content (AvgIpc) is 3.28. The van der Waals surface area contributed by atoms with Gasteiger partial charge < -0.3 is 10.6 Å². The maximum Gasteiger partial charge on any atom is 0.136 e. The van der Waals surface area contributed by atoms with Crippen molar-refractivity contribution in [1.29, 1.82) is 0 Å². The lowest BCUT2D eigenvalue weighted by molar-refractivity contribution is 0.753. The summed E-state index contributed by atoms with van der Waals surface area (Å²) in [5.41, 5.74) is 6.95. The summed E-state index contributed by atoms with van der Waals surface area (Å²) in [4.78, 5) is 7.18. The molecule has 0 atom stereocenters. The van der Waals surface area contributed by atoms with Crippen LogP contribution in [0.5, 0.6) is 0 Å². The van der Waals surface area contributed by atoms with Crippen molar-refractivity contribution in [2.75, 3.05) is 11.4 Å². The van der Waals surface area contributed by atoms with E-state index < -0.39 is 0 Å². The molecule has 0 bridgehead atoms. The van der Waals surface area contributed by atoms with Gasteiger partial charge in [0, 0.05) is 30.7 Å². The minimum atomic E-state index is 0.547. The fourth-order valence-electron chi connectivity index (χ4n) is 2.72. The highest BCUT2D eigenvalue weighted by molar-refractivity contribution is 5.94. The van der Waals surface area contributed by atoms with E-state index in [1.165, 1.54) is 23.6 Å². The van der Waals surface area contributed by atoms with Crippen molar-refractivity contribution in [2.24, 2.45) is 5.73 Å². The molecule has 0 aliphatic heterocycles. The molecule has 1 fully saturated rings. The van der Waals surface area contributed by atoms with Crippen LogP contribution in [0.3, 0.4) is 0 Å². The van der Waals surface area contributed by atoms with Crippen molar-refractivity contribution < 1.29 is 0 Å². The summed E-state index contributed by atoms with van der Waals surface area (Å²) in [6, 6.07) is 9.18. The van der Waals surface area contributed by atoms with Gasteiger partial charge in [-0.25, -0.2) is 4.98 Å². The van der Waals surface area contributed by atoms with E-state index >= 15 is 0 Å². The predicted molar refractivity (Wildman–Crippen MR) is 80.3 cm³/mol. The number of hydrogen-bond donors (Lipinski definition) is 1. The minimum absolute atomic E-state index is 0.547. The molecular formula is C16H21N3. The van der Waals surface area contributed by atoms with Crippen LogP contribution in [0.4, 0.5) is 5.82 Å². The second-order valence-electron chi connectivity index (χ2n) is 5.28. The Morgan fingerprint density at radius 2 is 2.00 bits per heavy atom. The number of pyridine rings is 1. The van der Waals surface area contributed by atoms with Crippen LogP contribution in [-0.2, 0) is 6.54 Å². The number of nitrogens with two attached hydrogens (primary N) is 1. The Kier molecular flexibility index (Phi) is 3.38. The van der Waals surface area contributed by atoms with Gasteiger partial charge in [0.05, 0.1) is 0 Å². The second kappa shape index (κ2) is 5.17. The van der Waals surface area contributed by atoms with E-state index in [2.05, 4.69) is 36.1 Å².